The molecule has 1 aromatic carbocycles. The molecule has 0 spiro atoms. The van der Waals surface area contributed by atoms with E-state index in [0.29, 0.717) is 0 Å². The van der Waals surface area contributed by atoms with Crippen LogP contribution in [0.15, 0.2) is 18.3 Å². The second-order valence-corrected chi connectivity index (χ2v) is 5.65. The minimum atomic E-state index is 0.831. The van der Waals surface area contributed by atoms with Gasteiger partial charge in [0.2, 0.25) is 0 Å². The molecule has 1 aliphatic rings. The van der Waals surface area contributed by atoms with Crippen molar-refractivity contribution in [2.24, 2.45) is 0 Å². The van der Waals surface area contributed by atoms with Gasteiger partial charge >= 0.3 is 0 Å². The molecule has 0 unspecified atom stereocenters. The second-order valence-electron chi connectivity index (χ2n) is 5.65. The Morgan fingerprint density at radius 2 is 2.11 bits per heavy atom. The molecule has 1 saturated carbocycles. The monoisotopic (exact) mass is 242 g/mol. The largest absolute Gasteiger partial charge is 0.361 e. The van der Waals surface area contributed by atoms with Crippen LogP contribution in [0.4, 0.5) is 0 Å². The Morgan fingerprint density at radius 1 is 1.28 bits per heavy atom. The Balaban J connectivity index is 1.70. The maximum Gasteiger partial charge on any atom is 0.0486 e. The molecule has 96 valence electrons. The molecule has 18 heavy (non-hydrogen) atoms. The fourth-order valence-corrected chi connectivity index (χ4v) is 2.73. The predicted molar refractivity (Wildman–Crippen MR) is 77.1 cm³/mol. The second kappa shape index (κ2) is 4.77. The summed E-state index contributed by atoms with van der Waals surface area (Å²) >= 11 is 0. The standard InChI is InChI=1S/C16H22N2/c1-11-8-12(2)16-15(9-11)13(10-18-16)4-3-7-17-14-5-6-14/h8-10,14,17-18H,3-7H2,1-2H3. The summed E-state index contributed by atoms with van der Waals surface area (Å²) in [7, 11) is 0. The van der Waals surface area contributed by atoms with Gasteiger partial charge in [-0.05, 0) is 63.3 Å². The molecule has 0 saturated heterocycles. The fourth-order valence-electron chi connectivity index (χ4n) is 2.73. The molecule has 1 aromatic heterocycles. The minimum absolute atomic E-state index is 0.831. The molecule has 0 amide bonds. The summed E-state index contributed by atoms with van der Waals surface area (Å²) in [5.41, 5.74) is 5.49. The lowest BCUT2D eigenvalue weighted by Crippen LogP contribution is -2.17. The zero-order valence-corrected chi connectivity index (χ0v) is 11.3. The molecule has 2 N–H and O–H groups in total. The molecule has 0 bridgehead atoms. The van der Waals surface area contributed by atoms with Crippen LogP contribution in [-0.4, -0.2) is 17.6 Å². The topological polar surface area (TPSA) is 27.8 Å². The van der Waals surface area contributed by atoms with E-state index < -0.39 is 0 Å². The number of hydrogen-bond donors (Lipinski definition) is 2. The Kier molecular flexibility index (Phi) is 3.13. The van der Waals surface area contributed by atoms with Crippen LogP contribution in [0.25, 0.3) is 10.9 Å². The van der Waals surface area contributed by atoms with Gasteiger partial charge in [-0.3, -0.25) is 0 Å². The number of hydrogen-bond acceptors (Lipinski definition) is 1. The molecule has 1 fully saturated rings. The molecule has 2 nitrogen and oxygen atoms in total. The normalized spacial score (nSPS) is 15.4. The molecule has 0 atom stereocenters. The van der Waals surface area contributed by atoms with E-state index in [1.165, 1.54) is 53.3 Å². The van der Waals surface area contributed by atoms with E-state index in [-0.39, 0.29) is 0 Å². The average Bonchev–Trinajstić information content (AvgIpc) is 3.06. The third-order valence-electron chi connectivity index (χ3n) is 3.85. The van der Waals surface area contributed by atoms with Crippen LogP contribution in [0, 0.1) is 13.8 Å². The first-order valence-corrected chi connectivity index (χ1v) is 7.04. The van der Waals surface area contributed by atoms with Crippen LogP contribution in [0.1, 0.15) is 36.0 Å². The SMILES string of the molecule is Cc1cc(C)c2[nH]cc(CCCNC3CC3)c2c1. The van der Waals surface area contributed by atoms with E-state index in [1.807, 2.05) is 0 Å². The molecule has 1 aliphatic carbocycles. The molecule has 3 rings (SSSR count). The highest BCUT2D eigenvalue weighted by atomic mass is 14.9. The Hall–Kier alpha value is -1.28. The molecular weight excluding hydrogens is 220 g/mol. The maximum absolute atomic E-state index is 3.58. The molecule has 2 heteroatoms. The van der Waals surface area contributed by atoms with Crippen molar-refractivity contribution in [3.05, 3.63) is 35.0 Å². The molecule has 0 radical (unpaired) electrons. The van der Waals surface area contributed by atoms with Crippen molar-refractivity contribution in [2.45, 2.75) is 45.6 Å². The summed E-state index contributed by atoms with van der Waals surface area (Å²) in [6.07, 6.45) is 7.35. The zero-order valence-electron chi connectivity index (χ0n) is 11.3. The van der Waals surface area contributed by atoms with Gasteiger partial charge in [0.25, 0.3) is 0 Å². The number of fused-ring (bicyclic) bond motifs is 1. The lowest BCUT2D eigenvalue weighted by atomic mass is 10.0. The summed E-state index contributed by atoms with van der Waals surface area (Å²) in [4.78, 5) is 3.43. The smallest absolute Gasteiger partial charge is 0.0486 e. The van der Waals surface area contributed by atoms with Crippen molar-refractivity contribution < 1.29 is 0 Å². The van der Waals surface area contributed by atoms with Gasteiger partial charge in [0.1, 0.15) is 0 Å². The summed E-state index contributed by atoms with van der Waals surface area (Å²) in [6, 6.07) is 5.39. The Labute approximate surface area is 109 Å². The van der Waals surface area contributed by atoms with Crippen molar-refractivity contribution in [3.63, 3.8) is 0 Å². The Morgan fingerprint density at radius 3 is 2.89 bits per heavy atom. The van der Waals surface area contributed by atoms with Gasteiger partial charge in [-0.15, -0.1) is 0 Å². The van der Waals surface area contributed by atoms with Gasteiger partial charge in [0.05, 0.1) is 0 Å². The number of aromatic nitrogens is 1. The van der Waals surface area contributed by atoms with Gasteiger partial charge in [-0.25, -0.2) is 0 Å². The van der Waals surface area contributed by atoms with Crippen LogP contribution >= 0.6 is 0 Å². The molecule has 2 aromatic rings. The van der Waals surface area contributed by atoms with E-state index in [1.54, 1.807) is 0 Å². The number of rotatable bonds is 5. The van der Waals surface area contributed by atoms with Crippen molar-refractivity contribution in [1.82, 2.24) is 10.3 Å². The summed E-state index contributed by atoms with van der Waals surface area (Å²) in [5, 5.41) is 5.00. The van der Waals surface area contributed by atoms with Gasteiger partial charge in [0.15, 0.2) is 0 Å². The maximum atomic E-state index is 3.58. The summed E-state index contributed by atoms with van der Waals surface area (Å²) in [6.45, 7) is 5.52. The van der Waals surface area contributed by atoms with Crippen molar-refractivity contribution in [3.8, 4) is 0 Å². The highest BCUT2D eigenvalue weighted by Crippen LogP contribution is 2.24. The van der Waals surface area contributed by atoms with Gasteiger partial charge in [-0.1, -0.05) is 11.6 Å². The number of aryl methyl sites for hydroxylation is 3. The van der Waals surface area contributed by atoms with Gasteiger partial charge < -0.3 is 10.3 Å². The third kappa shape index (κ3) is 2.44. The number of aromatic amines is 1. The van der Waals surface area contributed by atoms with Crippen LogP contribution in [0.3, 0.4) is 0 Å². The van der Waals surface area contributed by atoms with Gasteiger partial charge in [0, 0.05) is 23.1 Å². The van der Waals surface area contributed by atoms with Crippen LogP contribution in [-0.2, 0) is 6.42 Å². The first-order valence-electron chi connectivity index (χ1n) is 7.04. The van der Waals surface area contributed by atoms with Crippen LogP contribution in [0.2, 0.25) is 0 Å². The molecule has 0 aliphatic heterocycles. The number of nitrogens with one attached hydrogen (secondary N) is 2. The first-order chi connectivity index (χ1) is 8.74. The summed E-state index contributed by atoms with van der Waals surface area (Å²) in [5.74, 6) is 0. The molecule has 1 heterocycles. The van der Waals surface area contributed by atoms with Crippen molar-refractivity contribution >= 4 is 10.9 Å². The van der Waals surface area contributed by atoms with Crippen LogP contribution in [0.5, 0.6) is 0 Å². The van der Waals surface area contributed by atoms with Crippen molar-refractivity contribution in [2.75, 3.05) is 6.54 Å². The third-order valence-corrected chi connectivity index (χ3v) is 3.85. The average molecular weight is 242 g/mol. The van der Waals surface area contributed by atoms with E-state index in [9.17, 15) is 0 Å². The van der Waals surface area contributed by atoms with Crippen molar-refractivity contribution in [1.29, 1.82) is 0 Å². The molecular formula is C16H22N2. The fraction of sp³-hybridized carbons (Fsp3) is 0.500. The zero-order chi connectivity index (χ0) is 12.5. The Bertz CT molecular complexity index is 549. The highest BCUT2D eigenvalue weighted by molar-refractivity contribution is 5.86. The van der Waals surface area contributed by atoms with Gasteiger partial charge in [-0.2, -0.15) is 0 Å². The predicted octanol–water partition coefficient (Wildman–Crippen LogP) is 3.47. The lowest BCUT2D eigenvalue weighted by molar-refractivity contribution is 0.646. The quantitative estimate of drug-likeness (QED) is 0.772. The summed E-state index contributed by atoms with van der Waals surface area (Å²) < 4.78 is 0. The van der Waals surface area contributed by atoms with E-state index in [4.69, 9.17) is 0 Å². The number of H-pyrrole nitrogens is 1. The van der Waals surface area contributed by atoms with E-state index >= 15 is 0 Å². The highest BCUT2D eigenvalue weighted by Gasteiger charge is 2.19. The number of benzene rings is 1. The minimum Gasteiger partial charge on any atom is -0.361 e. The lowest BCUT2D eigenvalue weighted by Gasteiger charge is -2.04. The van der Waals surface area contributed by atoms with E-state index in [2.05, 4.69) is 42.5 Å². The van der Waals surface area contributed by atoms with Crippen LogP contribution < -0.4 is 5.32 Å². The van der Waals surface area contributed by atoms with E-state index in [0.717, 1.165) is 12.6 Å². The first kappa shape index (κ1) is 11.8.